The third kappa shape index (κ3) is 3.35. The van der Waals surface area contributed by atoms with Gasteiger partial charge in [-0.25, -0.2) is 0 Å². The number of benzene rings is 1. The first-order chi connectivity index (χ1) is 8.08. The molecule has 17 heavy (non-hydrogen) atoms. The molecular weight excluding hydrogens is 216 g/mol. The molecule has 0 aliphatic rings. The molecule has 88 valence electrons. The summed E-state index contributed by atoms with van der Waals surface area (Å²) in [4.78, 5) is 12.4. The third-order valence-corrected chi connectivity index (χ3v) is 2.37. The molecule has 0 heterocycles. The second kappa shape index (κ2) is 5.71. The van der Waals surface area contributed by atoms with Crippen molar-refractivity contribution in [2.75, 3.05) is 18.0 Å². The van der Waals surface area contributed by atoms with Gasteiger partial charge in [0.15, 0.2) is 0 Å². The highest BCUT2D eigenvalue weighted by atomic mass is 16.4. The Morgan fingerprint density at radius 3 is 2.82 bits per heavy atom. The Labute approximate surface area is 100 Å². The van der Waals surface area contributed by atoms with Gasteiger partial charge in [0, 0.05) is 12.2 Å². The Bertz CT molecular complexity index is 475. The smallest absolute Gasteiger partial charge is 0.323 e. The molecule has 0 atom stereocenters. The fourth-order valence-corrected chi connectivity index (χ4v) is 1.55. The summed E-state index contributed by atoms with van der Waals surface area (Å²) < 4.78 is 0. The number of nitriles is 1. The average molecular weight is 230 g/mol. The lowest BCUT2D eigenvalue weighted by Gasteiger charge is -2.21. The van der Waals surface area contributed by atoms with E-state index in [0.29, 0.717) is 12.1 Å². The van der Waals surface area contributed by atoms with E-state index in [1.807, 2.05) is 13.0 Å². The molecule has 0 unspecified atom stereocenters. The number of aryl methyl sites for hydroxylation is 1. The van der Waals surface area contributed by atoms with Gasteiger partial charge in [-0.1, -0.05) is 6.08 Å². The van der Waals surface area contributed by atoms with Crippen molar-refractivity contribution in [3.05, 3.63) is 42.0 Å². The number of anilines is 1. The fraction of sp³-hybridized carbons (Fsp3) is 0.231. The molecule has 0 bridgehead atoms. The monoisotopic (exact) mass is 230 g/mol. The molecule has 4 heteroatoms. The maximum atomic E-state index is 10.7. The van der Waals surface area contributed by atoms with Gasteiger partial charge in [-0.05, 0) is 30.7 Å². The molecular formula is C13H14N2O2. The summed E-state index contributed by atoms with van der Waals surface area (Å²) in [5, 5.41) is 17.6. The minimum atomic E-state index is -0.895. The number of carboxylic acids is 1. The lowest BCUT2D eigenvalue weighted by molar-refractivity contribution is -0.135. The molecule has 0 radical (unpaired) electrons. The average Bonchev–Trinajstić information content (AvgIpc) is 2.28. The van der Waals surface area contributed by atoms with E-state index in [2.05, 4.69) is 12.6 Å². The Hall–Kier alpha value is -2.28. The number of rotatable bonds is 5. The van der Waals surface area contributed by atoms with Crippen LogP contribution in [0.15, 0.2) is 30.9 Å². The number of carboxylic acid groups (broad SMARTS) is 1. The highest BCUT2D eigenvalue weighted by Crippen LogP contribution is 2.18. The molecule has 0 spiro atoms. The number of aliphatic carboxylic acids is 1. The van der Waals surface area contributed by atoms with Gasteiger partial charge < -0.3 is 10.0 Å². The first-order valence-corrected chi connectivity index (χ1v) is 5.17. The summed E-state index contributed by atoms with van der Waals surface area (Å²) in [6.45, 7) is 5.80. The Morgan fingerprint density at radius 2 is 2.35 bits per heavy atom. The SMILES string of the molecule is C=CCN(CC(=O)O)c1ccc(C#N)c(C)c1. The van der Waals surface area contributed by atoms with Crippen LogP contribution in [0.5, 0.6) is 0 Å². The van der Waals surface area contributed by atoms with Crippen molar-refractivity contribution in [3.8, 4) is 6.07 Å². The zero-order valence-electron chi connectivity index (χ0n) is 9.68. The van der Waals surface area contributed by atoms with Gasteiger partial charge in [-0.2, -0.15) is 5.26 Å². The zero-order valence-corrected chi connectivity index (χ0v) is 9.68. The topological polar surface area (TPSA) is 64.3 Å². The maximum Gasteiger partial charge on any atom is 0.323 e. The zero-order chi connectivity index (χ0) is 12.8. The number of hydrogen-bond acceptors (Lipinski definition) is 3. The van der Waals surface area contributed by atoms with Crippen LogP contribution >= 0.6 is 0 Å². The van der Waals surface area contributed by atoms with Crippen molar-refractivity contribution < 1.29 is 9.90 Å². The Balaban J connectivity index is 3.02. The Morgan fingerprint density at radius 1 is 1.65 bits per heavy atom. The summed E-state index contributed by atoms with van der Waals surface area (Å²) in [7, 11) is 0. The first-order valence-electron chi connectivity index (χ1n) is 5.17. The van der Waals surface area contributed by atoms with Crippen LogP contribution in [0.1, 0.15) is 11.1 Å². The highest BCUT2D eigenvalue weighted by Gasteiger charge is 2.10. The highest BCUT2D eigenvalue weighted by molar-refractivity contribution is 5.74. The second-order valence-corrected chi connectivity index (χ2v) is 3.67. The molecule has 1 aromatic carbocycles. The van der Waals surface area contributed by atoms with Crippen molar-refractivity contribution in [2.45, 2.75) is 6.92 Å². The van der Waals surface area contributed by atoms with Gasteiger partial charge in [0.25, 0.3) is 0 Å². The number of nitrogens with zero attached hydrogens (tertiary/aromatic N) is 2. The van der Waals surface area contributed by atoms with Crippen LogP contribution in [0.3, 0.4) is 0 Å². The van der Waals surface area contributed by atoms with Gasteiger partial charge in [-0.15, -0.1) is 6.58 Å². The standard InChI is InChI=1S/C13H14N2O2/c1-3-6-15(9-13(16)17)12-5-4-11(8-14)10(2)7-12/h3-5,7H,1,6,9H2,2H3,(H,16,17). The third-order valence-electron chi connectivity index (χ3n) is 2.37. The number of carbonyl (C=O) groups is 1. The summed E-state index contributed by atoms with van der Waals surface area (Å²) >= 11 is 0. The van der Waals surface area contributed by atoms with E-state index in [4.69, 9.17) is 10.4 Å². The lowest BCUT2D eigenvalue weighted by atomic mass is 10.1. The molecule has 1 rings (SSSR count). The van der Waals surface area contributed by atoms with E-state index in [-0.39, 0.29) is 6.54 Å². The van der Waals surface area contributed by atoms with Crippen molar-refractivity contribution in [1.82, 2.24) is 0 Å². The van der Waals surface area contributed by atoms with Crippen LogP contribution in [0.2, 0.25) is 0 Å². The van der Waals surface area contributed by atoms with Crippen LogP contribution in [0.25, 0.3) is 0 Å². The quantitative estimate of drug-likeness (QED) is 0.785. The van der Waals surface area contributed by atoms with Crippen LogP contribution in [-0.2, 0) is 4.79 Å². The van der Waals surface area contributed by atoms with E-state index in [9.17, 15) is 4.79 Å². The van der Waals surface area contributed by atoms with Gasteiger partial charge in [-0.3, -0.25) is 4.79 Å². The maximum absolute atomic E-state index is 10.7. The van der Waals surface area contributed by atoms with Crippen LogP contribution in [0, 0.1) is 18.3 Å². The molecule has 0 aliphatic carbocycles. The van der Waals surface area contributed by atoms with E-state index < -0.39 is 5.97 Å². The summed E-state index contributed by atoms with van der Waals surface area (Å²) in [6, 6.07) is 7.33. The minimum absolute atomic E-state index is 0.0860. The van der Waals surface area contributed by atoms with Crippen molar-refractivity contribution in [2.24, 2.45) is 0 Å². The lowest BCUT2D eigenvalue weighted by Crippen LogP contribution is -2.29. The van der Waals surface area contributed by atoms with Crippen LogP contribution in [-0.4, -0.2) is 24.2 Å². The molecule has 1 N–H and O–H groups in total. The molecule has 0 saturated carbocycles. The number of hydrogen-bond donors (Lipinski definition) is 1. The fourth-order valence-electron chi connectivity index (χ4n) is 1.55. The largest absolute Gasteiger partial charge is 0.480 e. The minimum Gasteiger partial charge on any atom is -0.480 e. The van der Waals surface area contributed by atoms with Gasteiger partial charge in [0.05, 0.1) is 11.6 Å². The van der Waals surface area contributed by atoms with Crippen molar-refractivity contribution in [3.63, 3.8) is 0 Å². The van der Waals surface area contributed by atoms with Gasteiger partial charge >= 0.3 is 5.97 Å². The normalized spacial score (nSPS) is 9.41. The van der Waals surface area contributed by atoms with Crippen molar-refractivity contribution >= 4 is 11.7 Å². The predicted octanol–water partition coefficient (Wildman–Crippen LogP) is 1.94. The van der Waals surface area contributed by atoms with Crippen molar-refractivity contribution in [1.29, 1.82) is 5.26 Å². The van der Waals surface area contributed by atoms with E-state index in [1.165, 1.54) is 0 Å². The summed E-state index contributed by atoms with van der Waals surface area (Å²) in [5.74, 6) is -0.895. The molecule has 0 aliphatic heterocycles. The molecule has 0 saturated heterocycles. The molecule has 0 amide bonds. The van der Waals surface area contributed by atoms with E-state index in [1.54, 1.807) is 23.1 Å². The molecule has 1 aromatic rings. The van der Waals surface area contributed by atoms with E-state index >= 15 is 0 Å². The van der Waals surface area contributed by atoms with Gasteiger partial charge in [0.1, 0.15) is 6.54 Å². The predicted molar refractivity (Wildman–Crippen MR) is 65.9 cm³/mol. The Kier molecular flexibility index (Phi) is 4.29. The van der Waals surface area contributed by atoms with Gasteiger partial charge in [0.2, 0.25) is 0 Å². The van der Waals surface area contributed by atoms with Crippen LogP contribution < -0.4 is 4.90 Å². The van der Waals surface area contributed by atoms with Crippen LogP contribution in [0.4, 0.5) is 5.69 Å². The first kappa shape index (κ1) is 12.8. The molecule has 4 nitrogen and oxygen atoms in total. The summed E-state index contributed by atoms with van der Waals surface area (Å²) in [6.07, 6.45) is 1.65. The molecule has 0 aromatic heterocycles. The summed E-state index contributed by atoms with van der Waals surface area (Å²) in [5.41, 5.74) is 2.22. The van der Waals surface area contributed by atoms with E-state index in [0.717, 1.165) is 11.3 Å². The molecule has 0 fully saturated rings. The second-order valence-electron chi connectivity index (χ2n) is 3.67.